The monoisotopic (exact) mass is 198 g/mol. The summed E-state index contributed by atoms with van der Waals surface area (Å²) >= 11 is 0. The molecule has 14 heavy (non-hydrogen) atoms. The molecule has 0 atom stereocenters. The first-order valence-corrected chi connectivity index (χ1v) is 4.74. The number of nitrogens with zero attached hydrogens (tertiary/aromatic N) is 2. The molecular formula is C10H18N2O2. The van der Waals surface area contributed by atoms with Crippen molar-refractivity contribution >= 4 is 0 Å². The number of aryl methyl sites for hydroxylation is 1. The Kier molecular flexibility index (Phi) is 2.85. The summed E-state index contributed by atoms with van der Waals surface area (Å²) in [6.07, 6.45) is 0.399. The minimum absolute atomic E-state index is 0.00809. The lowest BCUT2D eigenvalue weighted by Crippen LogP contribution is -2.16. The third kappa shape index (κ3) is 1.90. The first-order valence-electron chi connectivity index (χ1n) is 4.74. The van der Waals surface area contributed by atoms with Crippen LogP contribution in [0.15, 0.2) is 0 Å². The molecule has 0 amide bonds. The standard InChI is InChI=1S/C10H18N2O2/c1-10(2,3)9-8(14)7(5-6-13)11-12(9)4/h13-14H,5-6H2,1-4H3. The van der Waals surface area contributed by atoms with Crippen molar-refractivity contribution in [2.45, 2.75) is 32.6 Å². The number of aromatic nitrogens is 2. The Hall–Kier alpha value is -1.03. The Morgan fingerprint density at radius 2 is 1.93 bits per heavy atom. The lowest BCUT2D eigenvalue weighted by molar-refractivity contribution is 0.295. The molecule has 0 radical (unpaired) electrons. The summed E-state index contributed by atoms with van der Waals surface area (Å²) in [6, 6.07) is 0. The van der Waals surface area contributed by atoms with Gasteiger partial charge in [0.05, 0.1) is 5.69 Å². The average Bonchev–Trinajstić information content (AvgIpc) is 2.26. The fourth-order valence-electron chi connectivity index (χ4n) is 1.68. The maximum Gasteiger partial charge on any atom is 0.160 e. The van der Waals surface area contributed by atoms with E-state index in [-0.39, 0.29) is 17.8 Å². The lowest BCUT2D eigenvalue weighted by Gasteiger charge is -2.18. The van der Waals surface area contributed by atoms with Crippen molar-refractivity contribution in [2.75, 3.05) is 6.61 Å². The molecule has 0 aliphatic carbocycles. The third-order valence-electron chi connectivity index (χ3n) is 2.15. The van der Waals surface area contributed by atoms with E-state index in [9.17, 15) is 5.11 Å². The van der Waals surface area contributed by atoms with E-state index in [1.807, 2.05) is 20.8 Å². The normalized spacial score (nSPS) is 12.1. The summed E-state index contributed by atoms with van der Waals surface area (Å²) in [5, 5.41) is 22.8. The van der Waals surface area contributed by atoms with E-state index in [1.54, 1.807) is 11.7 Å². The smallest absolute Gasteiger partial charge is 0.160 e. The minimum Gasteiger partial charge on any atom is -0.504 e. The summed E-state index contributed by atoms with van der Waals surface area (Å²) in [5.74, 6) is 0.217. The fraction of sp³-hybridized carbons (Fsp3) is 0.700. The molecule has 4 nitrogen and oxygen atoms in total. The highest BCUT2D eigenvalue weighted by atomic mass is 16.3. The van der Waals surface area contributed by atoms with Crippen molar-refractivity contribution in [3.05, 3.63) is 11.4 Å². The van der Waals surface area contributed by atoms with Crippen LogP contribution < -0.4 is 0 Å². The van der Waals surface area contributed by atoms with E-state index < -0.39 is 0 Å². The lowest BCUT2D eigenvalue weighted by atomic mass is 9.91. The summed E-state index contributed by atoms with van der Waals surface area (Å²) in [5.41, 5.74) is 1.24. The van der Waals surface area contributed by atoms with E-state index in [1.165, 1.54) is 0 Å². The molecule has 0 aliphatic heterocycles. The molecule has 80 valence electrons. The van der Waals surface area contributed by atoms with Gasteiger partial charge in [0.1, 0.15) is 5.69 Å². The van der Waals surface area contributed by atoms with E-state index >= 15 is 0 Å². The highest BCUT2D eigenvalue weighted by Gasteiger charge is 2.25. The molecule has 0 spiro atoms. The third-order valence-corrected chi connectivity index (χ3v) is 2.15. The first kappa shape index (κ1) is 11.0. The first-order chi connectivity index (χ1) is 6.38. The molecule has 0 aliphatic rings. The predicted molar refractivity (Wildman–Crippen MR) is 54.4 cm³/mol. The molecule has 1 aromatic heterocycles. The fourth-order valence-corrected chi connectivity index (χ4v) is 1.68. The van der Waals surface area contributed by atoms with E-state index in [0.717, 1.165) is 5.69 Å². The van der Waals surface area contributed by atoms with Gasteiger partial charge in [-0.2, -0.15) is 5.10 Å². The van der Waals surface area contributed by atoms with Crippen LogP contribution in [-0.2, 0) is 18.9 Å². The Morgan fingerprint density at radius 3 is 2.29 bits per heavy atom. The Morgan fingerprint density at radius 1 is 1.36 bits per heavy atom. The molecule has 0 saturated heterocycles. The second-order valence-electron chi connectivity index (χ2n) is 4.49. The summed E-state index contributed by atoms with van der Waals surface area (Å²) < 4.78 is 1.68. The van der Waals surface area contributed by atoms with Gasteiger partial charge in [-0.3, -0.25) is 4.68 Å². The molecule has 2 N–H and O–H groups in total. The molecule has 1 heterocycles. The van der Waals surface area contributed by atoms with Crippen LogP contribution in [0.1, 0.15) is 32.2 Å². The maximum atomic E-state index is 9.88. The molecule has 1 aromatic rings. The zero-order valence-corrected chi connectivity index (χ0v) is 9.20. The maximum absolute atomic E-state index is 9.88. The number of hydrogen-bond donors (Lipinski definition) is 2. The average molecular weight is 198 g/mol. The Balaban J connectivity index is 3.18. The van der Waals surface area contributed by atoms with Crippen LogP contribution in [0.5, 0.6) is 5.75 Å². The number of rotatable bonds is 2. The molecular weight excluding hydrogens is 180 g/mol. The van der Waals surface area contributed by atoms with Crippen LogP contribution in [0.25, 0.3) is 0 Å². The largest absolute Gasteiger partial charge is 0.504 e. The zero-order chi connectivity index (χ0) is 10.9. The quantitative estimate of drug-likeness (QED) is 0.744. The van der Waals surface area contributed by atoms with Gasteiger partial charge < -0.3 is 10.2 Å². The molecule has 1 rings (SSSR count). The van der Waals surface area contributed by atoms with Gasteiger partial charge in [0.25, 0.3) is 0 Å². The van der Waals surface area contributed by atoms with Crippen LogP contribution in [0.3, 0.4) is 0 Å². The van der Waals surface area contributed by atoms with Gasteiger partial charge in [0, 0.05) is 25.5 Å². The number of aromatic hydroxyl groups is 1. The van der Waals surface area contributed by atoms with Crippen molar-refractivity contribution in [2.24, 2.45) is 7.05 Å². The van der Waals surface area contributed by atoms with Crippen LogP contribution in [0.2, 0.25) is 0 Å². The van der Waals surface area contributed by atoms with Crippen LogP contribution in [0.4, 0.5) is 0 Å². The molecule has 0 aromatic carbocycles. The van der Waals surface area contributed by atoms with E-state index in [0.29, 0.717) is 12.1 Å². The Bertz CT molecular complexity index is 324. The second kappa shape index (κ2) is 3.61. The number of aliphatic hydroxyl groups is 1. The summed E-state index contributed by atoms with van der Waals surface area (Å²) in [4.78, 5) is 0. The summed E-state index contributed by atoms with van der Waals surface area (Å²) in [7, 11) is 1.81. The van der Waals surface area contributed by atoms with Gasteiger partial charge in [-0.25, -0.2) is 0 Å². The van der Waals surface area contributed by atoms with Crippen LogP contribution in [-0.4, -0.2) is 26.6 Å². The van der Waals surface area contributed by atoms with Crippen molar-refractivity contribution in [1.82, 2.24) is 9.78 Å². The highest BCUT2D eigenvalue weighted by Crippen LogP contribution is 2.32. The van der Waals surface area contributed by atoms with Gasteiger partial charge >= 0.3 is 0 Å². The zero-order valence-electron chi connectivity index (χ0n) is 9.20. The Labute approximate surface area is 84.2 Å². The van der Waals surface area contributed by atoms with E-state index in [4.69, 9.17) is 5.11 Å². The highest BCUT2D eigenvalue weighted by molar-refractivity contribution is 5.36. The van der Waals surface area contributed by atoms with Gasteiger partial charge in [0.15, 0.2) is 5.75 Å². The molecule has 0 saturated carbocycles. The predicted octanol–water partition coefficient (Wildman–Crippen LogP) is 0.958. The SMILES string of the molecule is Cn1nc(CCO)c(O)c1C(C)(C)C. The van der Waals surface area contributed by atoms with Gasteiger partial charge in [-0.15, -0.1) is 0 Å². The second-order valence-corrected chi connectivity index (χ2v) is 4.49. The number of aliphatic hydroxyl groups excluding tert-OH is 1. The van der Waals surface area contributed by atoms with Gasteiger partial charge in [0.2, 0.25) is 0 Å². The van der Waals surface area contributed by atoms with Crippen LogP contribution in [0, 0.1) is 0 Å². The number of hydrogen-bond acceptors (Lipinski definition) is 3. The van der Waals surface area contributed by atoms with Crippen molar-refractivity contribution in [1.29, 1.82) is 0 Å². The van der Waals surface area contributed by atoms with Crippen molar-refractivity contribution in [3.63, 3.8) is 0 Å². The van der Waals surface area contributed by atoms with Gasteiger partial charge in [-0.05, 0) is 0 Å². The van der Waals surface area contributed by atoms with Crippen LogP contribution >= 0.6 is 0 Å². The molecule has 0 fully saturated rings. The van der Waals surface area contributed by atoms with Crippen molar-refractivity contribution < 1.29 is 10.2 Å². The summed E-state index contributed by atoms with van der Waals surface area (Å²) in [6.45, 7) is 6.07. The van der Waals surface area contributed by atoms with E-state index in [2.05, 4.69) is 5.10 Å². The molecule has 4 heteroatoms. The molecule has 0 bridgehead atoms. The van der Waals surface area contributed by atoms with Gasteiger partial charge in [-0.1, -0.05) is 20.8 Å². The minimum atomic E-state index is -0.139. The topological polar surface area (TPSA) is 58.3 Å². The van der Waals surface area contributed by atoms with Crippen molar-refractivity contribution in [3.8, 4) is 5.75 Å². The molecule has 0 unspecified atom stereocenters.